The minimum Gasteiger partial charge on any atom is -0.383 e. The van der Waals surface area contributed by atoms with Gasteiger partial charge in [-0.3, -0.25) is 14.6 Å². The molecule has 2 N–H and O–H groups in total. The lowest BCUT2D eigenvalue weighted by molar-refractivity contribution is 0.0938. The van der Waals surface area contributed by atoms with Gasteiger partial charge in [0.15, 0.2) is 0 Å². The van der Waals surface area contributed by atoms with Gasteiger partial charge >= 0.3 is 0 Å². The third kappa shape index (κ3) is 4.01. The summed E-state index contributed by atoms with van der Waals surface area (Å²) in [4.78, 5) is 33.4. The molecule has 1 heterocycles. The lowest BCUT2D eigenvalue weighted by atomic mass is 10.1. The minimum absolute atomic E-state index is 0.179. The molecule has 0 radical (unpaired) electrons. The lowest BCUT2D eigenvalue weighted by Gasteiger charge is -2.11. The Morgan fingerprint density at radius 2 is 1.73 bits per heavy atom. The molecule has 0 atom stereocenters. The highest BCUT2D eigenvalue weighted by molar-refractivity contribution is 6.08. The van der Waals surface area contributed by atoms with Crippen LogP contribution in [0.2, 0.25) is 0 Å². The van der Waals surface area contributed by atoms with Crippen molar-refractivity contribution in [3.8, 4) is 0 Å². The number of carbonyl (C=O) groups is 2. The molecule has 0 saturated carbocycles. The van der Waals surface area contributed by atoms with E-state index < -0.39 is 5.91 Å². The Kier molecular flexibility index (Phi) is 5.50. The molecule has 0 aliphatic heterocycles. The standard InChI is InChI=1S/C19H18N4O3/c1-26-11-10-20-18(24)13-6-2-3-7-14(13)23-19(25)17-12-21-15-8-4-5-9-16(15)22-17/h2-9,12H,10-11H2,1H3,(H,20,24)(H,23,25). The molecule has 0 saturated heterocycles. The number of amides is 2. The molecule has 7 nitrogen and oxygen atoms in total. The summed E-state index contributed by atoms with van der Waals surface area (Å²) in [5.74, 6) is -0.719. The van der Waals surface area contributed by atoms with Crippen molar-refractivity contribution in [2.45, 2.75) is 0 Å². The zero-order chi connectivity index (χ0) is 18.4. The first-order valence-corrected chi connectivity index (χ1v) is 8.08. The van der Waals surface area contributed by atoms with Crippen LogP contribution in [-0.2, 0) is 4.74 Å². The van der Waals surface area contributed by atoms with Gasteiger partial charge in [-0.1, -0.05) is 24.3 Å². The second-order valence-corrected chi connectivity index (χ2v) is 5.49. The molecule has 7 heteroatoms. The molecule has 26 heavy (non-hydrogen) atoms. The second-order valence-electron chi connectivity index (χ2n) is 5.49. The van der Waals surface area contributed by atoms with Gasteiger partial charge in [0.25, 0.3) is 11.8 Å². The molecule has 3 aromatic rings. The van der Waals surface area contributed by atoms with Crippen LogP contribution in [0.3, 0.4) is 0 Å². The van der Waals surface area contributed by atoms with E-state index in [9.17, 15) is 9.59 Å². The Balaban J connectivity index is 1.79. The van der Waals surface area contributed by atoms with Crippen LogP contribution in [0.5, 0.6) is 0 Å². The maximum absolute atomic E-state index is 12.5. The zero-order valence-electron chi connectivity index (χ0n) is 14.2. The average Bonchev–Trinajstić information content (AvgIpc) is 2.68. The van der Waals surface area contributed by atoms with Gasteiger partial charge in [0.2, 0.25) is 0 Å². The van der Waals surface area contributed by atoms with Gasteiger partial charge in [-0.2, -0.15) is 0 Å². The summed E-state index contributed by atoms with van der Waals surface area (Å²) < 4.78 is 4.92. The van der Waals surface area contributed by atoms with Crippen LogP contribution >= 0.6 is 0 Å². The van der Waals surface area contributed by atoms with Crippen LogP contribution < -0.4 is 10.6 Å². The number of hydrogen-bond acceptors (Lipinski definition) is 5. The number of rotatable bonds is 6. The molecule has 2 amide bonds. The normalized spacial score (nSPS) is 10.5. The van der Waals surface area contributed by atoms with Crippen LogP contribution in [0, 0.1) is 0 Å². The fraction of sp³-hybridized carbons (Fsp3) is 0.158. The molecule has 0 spiro atoms. The maximum Gasteiger partial charge on any atom is 0.275 e. The molecule has 0 aliphatic carbocycles. The number of para-hydroxylation sites is 3. The van der Waals surface area contributed by atoms with E-state index in [1.54, 1.807) is 37.4 Å². The quantitative estimate of drug-likeness (QED) is 0.665. The van der Waals surface area contributed by atoms with Crippen LogP contribution in [0.15, 0.2) is 54.7 Å². The van der Waals surface area contributed by atoms with E-state index in [-0.39, 0.29) is 11.6 Å². The number of anilines is 1. The van der Waals surface area contributed by atoms with Crippen molar-refractivity contribution in [3.63, 3.8) is 0 Å². The third-order valence-corrected chi connectivity index (χ3v) is 3.69. The summed E-state index contributed by atoms with van der Waals surface area (Å²) in [6.07, 6.45) is 1.42. The molecule has 132 valence electrons. The fourth-order valence-corrected chi connectivity index (χ4v) is 2.40. The molecule has 3 rings (SSSR count). The van der Waals surface area contributed by atoms with E-state index >= 15 is 0 Å². The predicted molar refractivity (Wildman–Crippen MR) is 98.1 cm³/mol. The van der Waals surface area contributed by atoms with Crippen LogP contribution in [0.4, 0.5) is 5.69 Å². The Morgan fingerprint density at radius 1 is 1.00 bits per heavy atom. The first kappa shape index (κ1) is 17.5. The first-order valence-electron chi connectivity index (χ1n) is 8.08. The number of nitrogens with zero attached hydrogens (tertiary/aromatic N) is 2. The zero-order valence-corrected chi connectivity index (χ0v) is 14.2. The van der Waals surface area contributed by atoms with Gasteiger partial charge < -0.3 is 15.4 Å². The van der Waals surface area contributed by atoms with Gasteiger partial charge in [0.05, 0.1) is 35.1 Å². The van der Waals surface area contributed by atoms with E-state index in [0.717, 1.165) is 0 Å². The number of hydrogen-bond donors (Lipinski definition) is 2. The SMILES string of the molecule is COCCNC(=O)c1ccccc1NC(=O)c1cnc2ccccc2n1. The molecular weight excluding hydrogens is 332 g/mol. The van der Waals surface area contributed by atoms with Crippen molar-refractivity contribution in [2.24, 2.45) is 0 Å². The largest absolute Gasteiger partial charge is 0.383 e. The highest BCUT2D eigenvalue weighted by Crippen LogP contribution is 2.16. The van der Waals surface area contributed by atoms with E-state index in [2.05, 4.69) is 20.6 Å². The highest BCUT2D eigenvalue weighted by atomic mass is 16.5. The maximum atomic E-state index is 12.5. The number of aromatic nitrogens is 2. The molecule has 0 aliphatic rings. The van der Waals surface area contributed by atoms with Crippen LogP contribution in [0.1, 0.15) is 20.8 Å². The van der Waals surface area contributed by atoms with Crippen molar-refractivity contribution in [1.82, 2.24) is 15.3 Å². The predicted octanol–water partition coefficient (Wildman–Crippen LogP) is 2.26. The molecule has 0 fully saturated rings. The smallest absolute Gasteiger partial charge is 0.275 e. The van der Waals surface area contributed by atoms with Gasteiger partial charge in [-0.05, 0) is 24.3 Å². The summed E-state index contributed by atoms with van der Waals surface area (Å²) in [5, 5.41) is 5.46. The highest BCUT2D eigenvalue weighted by Gasteiger charge is 2.15. The minimum atomic E-state index is -0.430. The number of methoxy groups -OCH3 is 1. The molecule has 1 aromatic heterocycles. The number of carbonyl (C=O) groups excluding carboxylic acids is 2. The Labute approximate surface area is 150 Å². The van der Waals surface area contributed by atoms with Crippen LogP contribution in [0.25, 0.3) is 11.0 Å². The molecule has 0 bridgehead atoms. The Hall–Kier alpha value is -3.32. The van der Waals surface area contributed by atoms with Crippen LogP contribution in [-0.4, -0.2) is 42.0 Å². The number of ether oxygens (including phenoxy) is 1. The van der Waals surface area contributed by atoms with Gasteiger partial charge in [-0.15, -0.1) is 0 Å². The monoisotopic (exact) mass is 350 g/mol. The summed E-state index contributed by atoms with van der Waals surface area (Å²) in [6, 6.07) is 14.1. The van der Waals surface area contributed by atoms with Crippen molar-refractivity contribution in [3.05, 3.63) is 66.0 Å². The number of nitrogens with one attached hydrogen (secondary N) is 2. The summed E-state index contributed by atoms with van der Waals surface area (Å²) in [7, 11) is 1.56. The first-order chi connectivity index (χ1) is 12.7. The van der Waals surface area contributed by atoms with Crippen molar-refractivity contribution < 1.29 is 14.3 Å². The van der Waals surface area contributed by atoms with E-state index in [1.807, 2.05) is 18.2 Å². The van der Waals surface area contributed by atoms with E-state index in [4.69, 9.17) is 4.74 Å². The Morgan fingerprint density at radius 3 is 2.54 bits per heavy atom. The third-order valence-electron chi connectivity index (χ3n) is 3.69. The molecule has 0 unspecified atom stereocenters. The summed E-state index contributed by atoms with van der Waals surface area (Å²) >= 11 is 0. The fourth-order valence-electron chi connectivity index (χ4n) is 2.40. The van der Waals surface area contributed by atoms with Crippen molar-refractivity contribution in [1.29, 1.82) is 0 Å². The summed E-state index contributed by atoms with van der Waals surface area (Å²) in [6.45, 7) is 0.792. The lowest BCUT2D eigenvalue weighted by Crippen LogP contribution is -2.28. The van der Waals surface area contributed by atoms with E-state index in [0.29, 0.717) is 35.4 Å². The summed E-state index contributed by atoms with van der Waals surface area (Å²) in [5.41, 5.74) is 2.29. The van der Waals surface area contributed by atoms with Gasteiger partial charge in [0, 0.05) is 13.7 Å². The molecule has 2 aromatic carbocycles. The van der Waals surface area contributed by atoms with Crippen molar-refractivity contribution in [2.75, 3.05) is 25.6 Å². The topological polar surface area (TPSA) is 93.2 Å². The number of fused-ring (bicyclic) bond motifs is 1. The van der Waals surface area contributed by atoms with Gasteiger partial charge in [-0.25, -0.2) is 4.98 Å². The Bertz CT molecular complexity index is 943. The second kappa shape index (κ2) is 8.17. The molecular formula is C19H18N4O3. The number of benzene rings is 2. The average molecular weight is 350 g/mol. The van der Waals surface area contributed by atoms with E-state index in [1.165, 1.54) is 6.20 Å². The van der Waals surface area contributed by atoms with Gasteiger partial charge in [0.1, 0.15) is 5.69 Å². The van der Waals surface area contributed by atoms with Crippen molar-refractivity contribution >= 4 is 28.5 Å².